The number of hydrogen-bond donors (Lipinski definition) is 1. The lowest BCUT2D eigenvalue weighted by Gasteiger charge is -2.54. The van der Waals surface area contributed by atoms with Crippen LogP contribution in [0.2, 0.25) is 0 Å². The van der Waals surface area contributed by atoms with Crippen LogP contribution in [0.3, 0.4) is 0 Å². The van der Waals surface area contributed by atoms with Crippen LogP contribution in [0, 0.1) is 47.3 Å². The number of aliphatic hydroxyl groups excluding tert-OH is 1. The molecule has 0 saturated heterocycles. The van der Waals surface area contributed by atoms with Crippen molar-refractivity contribution in [1.29, 1.82) is 0 Å². The van der Waals surface area contributed by atoms with E-state index in [0.29, 0.717) is 23.5 Å². The Hall–Kier alpha value is -1.07. The first-order chi connectivity index (χ1) is 11.1. The summed E-state index contributed by atoms with van der Waals surface area (Å²) >= 11 is 0. The van der Waals surface area contributed by atoms with Crippen molar-refractivity contribution >= 4 is 5.78 Å². The highest BCUT2D eigenvalue weighted by molar-refractivity contribution is 5.91. The van der Waals surface area contributed by atoms with Crippen LogP contribution in [0.25, 0.3) is 0 Å². The number of aliphatic hydroxyl groups is 1. The van der Waals surface area contributed by atoms with Crippen molar-refractivity contribution in [1.82, 2.24) is 0 Å². The van der Waals surface area contributed by atoms with E-state index in [0.717, 1.165) is 44.4 Å². The first-order valence-corrected chi connectivity index (χ1v) is 9.48. The van der Waals surface area contributed by atoms with E-state index in [1.807, 2.05) is 6.08 Å². The molecule has 0 radical (unpaired) electrons. The zero-order valence-electron chi connectivity index (χ0n) is 14.1. The molecule has 23 heavy (non-hydrogen) atoms. The number of terminal acetylenes is 1. The molecule has 2 nitrogen and oxygen atoms in total. The lowest BCUT2D eigenvalue weighted by atomic mass is 9.51. The SMILES string of the molecule is C#CC1CC2C3CCC4=CC(=O)CCC4C3CCC2(CC)C1O. The molecule has 2 heteroatoms. The molecule has 0 spiro atoms. The monoisotopic (exact) mass is 312 g/mol. The number of fused-ring (bicyclic) bond motifs is 5. The molecule has 0 amide bonds. The third kappa shape index (κ3) is 2.09. The Balaban J connectivity index is 1.66. The molecule has 4 aliphatic rings. The minimum Gasteiger partial charge on any atom is -0.391 e. The molecule has 0 aromatic carbocycles. The molecule has 4 aliphatic carbocycles. The van der Waals surface area contributed by atoms with Gasteiger partial charge in [0.15, 0.2) is 5.78 Å². The first kappa shape index (κ1) is 15.5. The predicted octanol–water partition coefficient (Wildman–Crippen LogP) is 3.74. The fraction of sp³-hybridized carbons (Fsp3) is 0.762. The van der Waals surface area contributed by atoms with Gasteiger partial charge in [-0.1, -0.05) is 12.5 Å². The highest BCUT2D eigenvalue weighted by atomic mass is 16.3. The Labute approximate surface area is 139 Å². The van der Waals surface area contributed by atoms with Gasteiger partial charge in [0, 0.05) is 17.8 Å². The van der Waals surface area contributed by atoms with Gasteiger partial charge >= 0.3 is 0 Å². The third-order valence-electron chi connectivity index (χ3n) is 7.91. The van der Waals surface area contributed by atoms with E-state index in [1.54, 1.807) is 0 Å². The highest BCUT2D eigenvalue weighted by Gasteiger charge is 2.60. The fourth-order valence-electron chi connectivity index (χ4n) is 6.81. The summed E-state index contributed by atoms with van der Waals surface area (Å²) in [6.45, 7) is 2.24. The fourth-order valence-corrected chi connectivity index (χ4v) is 6.81. The van der Waals surface area contributed by atoms with Crippen LogP contribution in [-0.4, -0.2) is 17.0 Å². The molecule has 0 bridgehead atoms. The molecule has 124 valence electrons. The van der Waals surface area contributed by atoms with Crippen molar-refractivity contribution in [3.8, 4) is 12.3 Å². The maximum Gasteiger partial charge on any atom is 0.155 e. The smallest absolute Gasteiger partial charge is 0.155 e. The number of rotatable bonds is 1. The number of ketones is 1. The summed E-state index contributed by atoms with van der Waals surface area (Å²) in [5, 5.41) is 10.9. The second kappa shape index (κ2) is 5.49. The van der Waals surface area contributed by atoms with Crippen LogP contribution in [0.15, 0.2) is 11.6 Å². The molecule has 3 saturated carbocycles. The van der Waals surface area contributed by atoms with Gasteiger partial charge in [0.1, 0.15) is 0 Å². The van der Waals surface area contributed by atoms with Crippen molar-refractivity contribution in [3.05, 3.63) is 11.6 Å². The van der Waals surface area contributed by atoms with Gasteiger partial charge in [-0.3, -0.25) is 4.79 Å². The Morgan fingerprint density at radius 1 is 1.30 bits per heavy atom. The molecule has 7 unspecified atom stereocenters. The van der Waals surface area contributed by atoms with Gasteiger partial charge in [-0.2, -0.15) is 0 Å². The summed E-state index contributed by atoms with van der Waals surface area (Å²) in [4.78, 5) is 11.8. The largest absolute Gasteiger partial charge is 0.391 e. The van der Waals surface area contributed by atoms with Gasteiger partial charge in [-0.25, -0.2) is 0 Å². The van der Waals surface area contributed by atoms with Gasteiger partial charge in [-0.05, 0) is 74.7 Å². The van der Waals surface area contributed by atoms with Crippen LogP contribution in [0.1, 0.15) is 58.3 Å². The van der Waals surface area contributed by atoms with E-state index < -0.39 is 0 Å². The Bertz CT molecular complexity index is 583. The average Bonchev–Trinajstić information content (AvgIpc) is 2.87. The van der Waals surface area contributed by atoms with Crippen LogP contribution in [0.5, 0.6) is 0 Å². The van der Waals surface area contributed by atoms with Gasteiger partial charge in [0.05, 0.1) is 6.10 Å². The molecule has 0 aliphatic heterocycles. The minimum atomic E-state index is -0.312. The second-order valence-corrected chi connectivity index (χ2v) is 8.38. The van der Waals surface area contributed by atoms with Crippen LogP contribution >= 0.6 is 0 Å². The average molecular weight is 312 g/mol. The predicted molar refractivity (Wildman–Crippen MR) is 90.4 cm³/mol. The van der Waals surface area contributed by atoms with Crippen molar-refractivity contribution < 1.29 is 9.90 Å². The number of carbonyl (C=O) groups is 1. The molecule has 4 rings (SSSR count). The van der Waals surface area contributed by atoms with Crippen LogP contribution in [-0.2, 0) is 4.79 Å². The summed E-state index contributed by atoms with van der Waals surface area (Å²) in [6.07, 6.45) is 15.8. The summed E-state index contributed by atoms with van der Waals surface area (Å²) < 4.78 is 0. The van der Waals surface area contributed by atoms with Crippen molar-refractivity contribution in [2.24, 2.45) is 35.0 Å². The molecule has 7 atom stereocenters. The van der Waals surface area contributed by atoms with Crippen molar-refractivity contribution in [2.75, 3.05) is 0 Å². The summed E-state index contributed by atoms with van der Waals surface area (Å²) in [6, 6.07) is 0. The zero-order valence-corrected chi connectivity index (χ0v) is 14.1. The molecule has 3 fully saturated rings. The van der Waals surface area contributed by atoms with E-state index in [4.69, 9.17) is 6.42 Å². The molecule has 0 aromatic rings. The van der Waals surface area contributed by atoms with Gasteiger partial charge < -0.3 is 5.11 Å². The van der Waals surface area contributed by atoms with E-state index in [9.17, 15) is 9.90 Å². The van der Waals surface area contributed by atoms with E-state index in [2.05, 4.69) is 12.8 Å². The standard InChI is InChI=1S/C21H28O2/c1-3-13-12-19-18-7-5-14-11-15(22)6-8-16(14)17(18)9-10-21(19,4-2)20(13)23/h1,11,13,16-20,23H,4-10,12H2,2H3. The number of allylic oxidation sites excluding steroid dienone is 1. The van der Waals surface area contributed by atoms with E-state index in [-0.39, 0.29) is 17.4 Å². The van der Waals surface area contributed by atoms with E-state index >= 15 is 0 Å². The second-order valence-electron chi connectivity index (χ2n) is 8.38. The highest BCUT2D eigenvalue weighted by Crippen LogP contribution is 2.64. The maximum atomic E-state index is 11.8. The van der Waals surface area contributed by atoms with Gasteiger partial charge in [0.2, 0.25) is 0 Å². The van der Waals surface area contributed by atoms with E-state index in [1.165, 1.54) is 18.4 Å². The minimum absolute atomic E-state index is 0.0450. The lowest BCUT2D eigenvalue weighted by Crippen LogP contribution is -2.49. The Kier molecular flexibility index (Phi) is 3.69. The Morgan fingerprint density at radius 3 is 2.87 bits per heavy atom. The van der Waals surface area contributed by atoms with Gasteiger partial charge in [0.25, 0.3) is 0 Å². The molecular formula is C21H28O2. The Morgan fingerprint density at radius 2 is 2.13 bits per heavy atom. The maximum absolute atomic E-state index is 11.8. The molecule has 1 N–H and O–H groups in total. The third-order valence-corrected chi connectivity index (χ3v) is 7.91. The molecule has 0 heterocycles. The number of carbonyl (C=O) groups excluding carboxylic acids is 1. The molecule has 0 aromatic heterocycles. The lowest BCUT2D eigenvalue weighted by molar-refractivity contribution is -0.116. The summed E-state index contributed by atoms with van der Waals surface area (Å²) in [5.74, 6) is 5.89. The topological polar surface area (TPSA) is 37.3 Å². The van der Waals surface area contributed by atoms with Crippen molar-refractivity contribution in [3.63, 3.8) is 0 Å². The first-order valence-electron chi connectivity index (χ1n) is 9.48. The quantitative estimate of drug-likeness (QED) is 0.749. The van der Waals surface area contributed by atoms with Crippen LogP contribution in [0.4, 0.5) is 0 Å². The molecular weight excluding hydrogens is 284 g/mol. The summed E-state index contributed by atoms with van der Waals surface area (Å²) in [5.41, 5.74) is 1.49. The van der Waals surface area contributed by atoms with Gasteiger partial charge in [-0.15, -0.1) is 12.3 Å². The van der Waals surface area contributed by atoms with Crippen molar-refractivity contribution in [2.45, 2.75) is 64.4 Å². The van der Waals surface area contributed by atoms with Crippen LogP contribution < -0.4 is 0 Å². The zero-order chi connectivity index (χ0) is 16.2. The number of hydrogen-bond acceptors (Lipinski definition) is 2. The summed E-state index contributed by atoms with van der Waals surface area (Å²) in [7, 11) is 0. The normalized spacial score (nSPS) is 48.7.